The molecular formula is C33H38N2O7S2. The standard InChI is InChI=1S/C19H22N2O.2C7H8O3S/c1-20-10-15-12-21(13-16(15)11-20)17-7-8-18(19(22)9-17)14-5-3-2-4-6-14;2*1-6-2-4-7(5-3-6)11(8,9)10/h2-9,15-16,22H,10-13H2,1H3;2*2-5H,1H3,(H,8,9,10). The van der Waals surface area contributed by atoms with Crippen molar-refractivity contribution in [1.82, 2.24) is 4.90 Å². The molecule has 0 radical (unpaired) electrons. The predicted octanol–water partition coefficient (Wildman–Crippen LogP) is 5.54. The molecule has 0 aromatic heterocycles. The highest BCUT2D eigenvalue weighted by molar-refractivity contribution is 7.86. The van der Waals surface area contributed by atoms with Crippen LogP contribution in [0.15, 0.2) is 107 Å². The quantitative estimate of drug-likeness (QED) is 0.246. The summed E-state index contributed by atoms with van der Waals surface area (Å²) in [6, 6.07) is 28.1. The van der Waals surface area contributed by atoms with E-state index >= 15 is 0 Å². The molecule has 0 amide bonds. The third-order valence-electron chi connectivity index (χ3n) is 7.74. The van der Waals surface area contributed by atoms with Gasteiger partial charge in [-0.15, -0.1) is 0 Å². The van der Waals surface area contributed by atoms with E-state index in [1.165, 1.54) is 37.4 Å². The number of phenolic OH excluding ortho intramolecular Hbond substituents is 1. The fourth-order valence-corrected chi connectivity index (χ4v) is 6.40. The lowest BCUT2D eigenvalue weighted by Gasteiger charge is -2.22. The summed E-state index contributed by atoms with van der Waals surface area (Å²) in [6.45, 7) is 8.31. The molecule has 6 rings (SSSR count). The first-order valence-electron chi connectivity index (χ1n) is 14.1. The number of likely N-dealkylation sites (tertiary alicyclic amines) is 1. The second-order valence-corrected chi connectivity index (χ2v) is 14.1. The van der Waals surface area contributed by atoms with Crippen molar-refractivity contribution in [2.75, 3.05) is 38.1 Å². The van der Waals surface area contributed by atoms with E-state index in [9.17, 15) is 21.9 Å². The maximum Gasteiger partial charge on any atom is 0.294 e. The second-order valence-electron chi connectivity index (χ2n) is 11.3. The molecule has 0 saturated carbocycles. The molecule has 2 heterocycles. The molecule has 0 bridgehead atoms. The van der Waals surface area contributed by atoms with Crippen molar-refractivity contribution in [1.29, 1.82) is 0 Å². The normalized spacial score (nSPS) is 18.1. The van der Waals surface area contributed by atoms with Gasteiger partial charge >= 0.3 is 0 Å². The van der Waals surface area contributed by atoms with Crippen LogP contribution in [-0.2, 0) is 20.2 Å². The molecule has 2 fully saturated rings. The number of rotatable bonds is 4. The van der Waals surface area contributed by atoms with Gasteiger partial charge < -0.3 is 14.9 Å². The van der Waals surface area contributed by atoms with Gasteiger partial charge in [0.2, 0.25) is 0 Å². The molecule has 4 aromatic rings. The Morgan fingerprint density at radius 1 is 0.636 bits per heavy atom. The van der Waals surface area contributed by atoms with Crippen LogP contribution in [0, 0.1) is 25.7 Å². The predicted molar refractivity (Wildman–Crippen MR) is 172 cm³/mol. The van der Waals surface area contributed by atoms with Crippen molar-refractivity contribution in [2.45, 2.75) is 23.6 Å². The summed E-state index contributed by atoms with van der Waals surface area (Å²) in [7, 11) is -5.83. The monoisotopic (exact) mass is 638 g/mol. The first-order valence-corrected chi connectivity index (χ1v) is 17.0. The Morgan fingerprint density at radius 3 is 1.50 bits per heavy atom. The van der Waals surface area contributed by atoms with Crippen molar-refractivity contribution in [3.05, 3.63) is 108 Å². The number of anilines is 1. The van der Waals surface area contributed by atoms with Crippen molar-refractivity contribution in [3.8, 4) is 16.9 Å². The van der Waals surface area contributed by atoms with Gasteiger partial charge in [0.05, 0.1) is 9.79 Å². The van der Waals surface area contributed by atoms with Crippen LogP contribution in [0.4, 0.5) is 5.69 Å². The number of benzene rings is 4. The minimum absolute atomic E-state index is 0.0666. The van der Waals surface area contributed by atoms with Gasteiger partial charge in [-0.2, -0.15) is 16.8 Å². The van der Waals surface area contributed by atoms with Crippen molar-refractivity contribution in [3.63, 3.8) is 0 Å². The highest BCUT2D eigenvalue weighted by atomic mass is 32.2. The molecule has 234 valence electrons. The Kier molecular flexibility index (Phi) is 10.5. The minimum Gasteiger partial charge on any atom is -0.507 e. The van der Waals surface area contributed by atoms with Crippen LogP contribution in [0.1, 0.15) is 11.1 Å². The van der Waals surface area contributed by atoms with Gasteiger partial charge in [0.1, 0.15) is 5.75 Å². The lowest BCUT2D eigenvalue weighted by molar-refractivity contribution is 0.387. The molecule has 2 aliphatic rings. The number of nitrogens with zero attached hydrogens (tertiary/aromatic N) is 2. The van der Waals surface area contributed by atoms with Crippen LogP contribution in [0.5, 0.6) is 5.75 Å². The minimum atomic E-state index is -4.02. The molecule has 0 aliphatic carbocycles. The van der Waals surface area contributed by atoms with Gasteiger partial charge in [0.15, 0.2) is 0 Å². The summed E-state index contributed by atoms with van der Waals surface area (Å²) in [5, 5.41) is 10.4. The largest absolute Gasteiger partial charge is 0.507 e. The fraction of sp³-hybridized carbons (Fsp3) is 0.273. The molecular weight excluding hydrogens is 601 g/mol. The van der Waals surface area contributed by atoms with Gasteiger partial charge in [-0.25, -0.2) is 0 Å². The fourth-order valence-electron chi connectivity index (χ4n) is 5.44. The number of aromatic hydroxyl groups is 1. The molecule has 2 saturated heterocycles. The Bertz CT molecular complexity index is 1670. The van der Waals surface area contributed by atoms with Gasteiger partial charge in [-0.1, -0.05) is 65.7 Å². The highest BCUT2D eigenvalue weighted by Crippen LogP contribution is 2.37. The number of phenols is 1. The van der Waals surface area contributed by atoms with Crippen LogP contribution in [0.2, 0.25) is 0 Å². The summed E-state index contributed by atoms with van der Waals surface area (Å²) in [5.41, 5.74) is 5.03. The number of aryl methyl sites for hydroxylation is 2. The van der Waals surface area contributed by atoms with Crippen molar-refractivity contribution < 1.29 is 31.0 Å². The van der Waals surface area contributed by atoms with E-state index in [-0.39, 0.29) is 9.79 Å². The zero-order valence-electron chi connectivity index (χ0n) is 24.9. The Hall–Kier alpha value is -3.74. The first kappa shape index (κ1) is 33.2. The smallest absolute Gasteiger partial charge is 0.294 e. The molecule has 4 aromatic carbocycles. The van der Waals surface area contributed by atoms with E-state index in [4.69, 9.17) is 9.11 Å². The Labute approximate surface area is 259 Å². The summed E-state index contributed by atoms with van der Waals surface area (Å²) in [5.74, 6) is 1.93. The molecule has 2 aliphatic heterocycles. The molecule has 2 atom stereocenters. The topological polar surface area (TPSA) is 135 Å². The van der Waals surface area contributed by atoms with Gasteiger partial charge in [-0.3, -0.25) is 9.11 Å². The number of fused-ring (bicyclic) bond motifs is 1. The maximum atomic E-state index is 10.5. The second kappa shape index (κ2) is 13.9. The Balaban J connectivity index is 0.000000169. The van der Waals surface area contributed by atoms with Crippen LogP contribution in [0.25, 0.3) is 11.1 Å². The molecule has 44 heavy (non-hydrogen) atoms. The summed E-state index contributed by atoms with van der Waals surface area (Å²) in [6.07, 6.45) is 0. The average Bonchev–Trinajstić information content (AvgIpc) is 3.51. The lowest BCUT2D eigenvalue weighted by Crippen LogP contribution is -2.26. The number of hydrogen-bond donors (Lipinski definition) is 3. The van der Waals surface area contributed by atoms with Gasteiger partial charge in [0, 0.05) is 43.5 Å². The molecule has 11 heteroatoms. The third kappa shape index (κ3) is 8.90. The zero-order chi connectivity index (χ0) is 32.1. The summed E-state index contributed by atoms with van der Waals surface area (Å²) >= 11 is 0. The van der Waals surface area contributed by atoms with Crippen molar-refractivity contribution >= 4 is 25.9 Å². The van der Waals surface area contributed by atoms with E-state index in [1.807, 2.05) is 56.3 Å². The van der Waals surface area contributed by atoms with E-state index in [0.717, 1.165) is 52.9 Å². The average molecular weight is 639 g/mol. The van der Waals surface area contributed by atoms with Gasteiger partial charge in [-0.05, 0) is 74.7 Å². The lowest BCUT2D eigenvalue weighted by atomic mass is 10.0. The van der Waals surface area contributed by atoms with Crippen molar-refractivity contribution in [2.24, 2.45) is 11.8 Å². The van der Waals surface area contributed by atoms with Gasteiger partial charge in [0.25, 0.3) is 20.2 Å². The molecule has 3 N–H and O–H groups in total. The van der Waals surface area contributed by atoms with Crippen LogP contribution in [0.3, 0.4) is 0 Å². The summed E-state index contributed by atoms with van der Waals surface area (Å²) in [4.78, 5) is 4.73. The SMILES string of the molecule is CN1CC2CN(c3ccc(-c4ccccc4)c(O)c3)CC2C1.Cc1ccc(S(=O)(=O)O)cc1.Cc1ccc(S(=O)(=O)O)cc1. The molecule has 0 spiro atoms. The first-order chi connectivity index (χ1) is 20.7. The highest BCUT2D eigenvalue weighted by Gasteiger charge is 2.38. The van der Waals surface area contributed by atoms with E-state index in [2.05, 4.69) is 22.9 Å². The number of hydrogen-bond acceptors (Lipinski definition) is 7. The molecule has 2 unspecified atom stereocenters. The zero-order valence-corrected chi connectivity index (χ0v) is 26.5. The Morgan fingerprint density at radius 2 is 1.09 bits per heavy atom. The van der Waals surface area contributed by atoms with E-state index in [1.54, 1.807) is 24.3 Å². The van der Waals surface area contributed by atoms with Crippen LogP contribution < -0.4 is 4.90 Å². The summed E-state index contributed by atoms with van der Waals surface area (Å²) < 4.78 is 59.1. The molecule has 9 nitrogen and oxygen atoms in total. The van der Waals surface area contributed by atoms with E-state index in [0.29, 0.717) is 5.75 Å². The van der Waals surface area contributed by atoms with Crippen LogP contribution in [-0.4, -0.2) is 69.2 Å². The van der Waals surface area contributed by atoms with Crippen LogP contribution >= 0.6 is 0 Å². The van der Waals surface area contributed by atoms with E-state index < -0.39 is 20.2 Å². The third-order valence-corrected chi connectivity index (χ3v) is 9.47. The maximum absolute atomic E-state index is 10.5.